The van der Waals surface area contributed by atoms with E-state index in [0.29, 0.717) is 11.5 Å². The first-order chi connectivity index (χ1) is 15.6. The molecule has 0 saturated carbocycles. The number of carbonyl (C=O) groups excluding carboxylic acids is 1. The molecule has 0 saturated heterocycles. The smallest absolute Gasteiger partial charge is 0.330 e. The number of aryl methyl sites for hydroxylation is 1. The Morgan fingerprint density at radius 1 is 1.03 bits per heavy atom. The van der Waals surface area contributed by atoms with Crippen LogP contribution in [-0.4, -0.2) is 47.6 Å². The molecule has 2 aromatic carbocycles. The third-order valence-electron chi connectivity index (χ3n) is 5.07. The van der Waals surface area contributed by atoms with Gasteiger partial charge in [-0.3, -0.25) is 4.98 Å². The lowest BCUT2D eigenvalue weighted by Gasteiger charge is -2.25. The number of aromatic nitrogens is 2. The van der Waals surface area contributed by atoms with E-state index in [9.17, 15) is 4.79 Å². The van der Waals surface area contributed by atoms with Gasteiger partial charge in [-0.25, -0.2) is 9.78 Å². The summed E-state index contributed by atoms with van der Waals surface area (Å²) >= 11 is 0. The zero-order valence-corrected chi connectivity index (χ0v) is 18.6. The minimum atomic E-state index is -0.420. The molecular weight excluding hydrogens is 400 g/mol. The van der Waals surface area contributed by atoms with Crippen LogP contribution < -0.4 is 5.32 Å². The Balaban J connectivity index is 1.64. The van der Waals surface area contributed by atoms with Crippen molar-refractivity contribution in [3.05, 3.63) is 96.0 Å². The molecule has 0 radical (unpaired) electrons. The summed E-state index contributed by atoms with van der Waals surface area (Å²) in [4.78, 5) is 22.4. The lowest BCUT2D eigenvalue weighted by molar-refractivity contribution is -0.134. The number of benzene rings is 2. The van der Waals surface area contributed by atoms with Crippen LogP contribution in [0.2, 0.25) is 0 Å². The van der Waals surface area contributed by atoms with Gasteiger partial charge in [0.05, 0.1) is 25.2 Å². The van der Waals surface area contributed by atoms with E-state index in [1.807, 2.05) is 12.1 Å². The minimum Gasteiger partial charge on any atom is -0.466 e. The molecule has 6 heteroatoms. The third kappa shape index (κ3) is 7.96. The van der Waals surface area contributed by atoms with Crippen molar-refractivity contribution in [1.82, 2.24) is 14.9 Å². The highest BCUT2D eigenvalue weighted by molar-refractivity contribution is 5.86. The number of nitrogens with one attached hydrogen (secondary N) is 1. The lowest BCUT2D eigenvalue weighted by atomic mass is 10.0. The first kappa shape index (κ1) is 23.2. The van der Waals surface area contributed by atoms with Crippen molar-refractivity contribution < 1.29 is 9.53 Å². The summed E-state index contributed by atoms with van der Waals surface area (Å²) in [6.45, 7) is 1.75. The van der Waals surface area contributed by atoms with Crippen LogP contribution in [0.5, 0.6) is 0 Å². The van der Waals surface area contributed by atoms with Crippen LogP contribution in [0.3, 0.4) is 0 Å². The zero-order chi connectivity index (χ0) is 22.6. The molecule has 3 aromatic rings. The maximum atomic E-state index is 11.2. The van der Waals surface area contributed by atoms with Gasteiger partial charge in [-0.1, -0.05) is 60.7 Å². The molecule has 1 heterocycles. The van der Waals surface area contributed by atoms with Crippen LogP contribution >= 0.6 is 0 Å². The summed E-state index contributed by atoms with van der Waals surface area (Å²) in [5.74, 6) is 0.294. The van der Waals surface area contributed by atoms with Crippen molar-refractivity contribution in [1.29, 1.82) is 0 Å². The normalized spacial score (nSPS) is 12.1. The fourth-order valence-electron chi connectivity index (χ4n) is 3.46. The van der Waals surface area contributed by atoms with E-state index in [0.717, 1.165) is 25.9 Å². The highest BCUT2D eigenvalue weighted by atomic mass is 16.5. The number of methoxy groups -OCH3 is 1. The fraction of sp³-hybridized carbons (Fsp3) is 0.269. The van der Waals surface area contributed by atoms with E-state index in [-0.39, 0.29) is 6.04 Å². The molecule has 3 rings (SSSR count). The van der Waals surface area contributed by atoms with Crippen molar-refractivity contribution >= 4 is 17.9 Å². The van der Waals surface area contributed by atoms with Crippen molar-refractivity contribution in [2.45, 2.75) is 25.4 Å². The van der Waals surface area contributed by atoms with Crippen LogP contribution in [-0.2, 0) is 22.5 Å². The molecule has 0 aliphatic rings. The molecule has 166 valence electrons. The summed E-state index contributed by atoms with van der Waals surface area (Å²) < 4.78 is 4.60. The van der Waals surface area contributed by atoms with Crippen molar-refractivity contribution in [2.75, 3.05) is 26.0 Å². The van der Waals surface area contributed by atoms with E-state index in [2.05, 4.69) is 80.5 Å². The minimum absolute atomic E-state index is 0.203. The molecule has 0 spiro atoms. The average molecular weight is 431 g/mol. The van der Waals surface area contributed by atoms with Gasteiger partial charge in [0, 0.05) is 25.2 Å². The number of hydrogen-bond acceptors (Lipinski definition) is 6. The summed E-state index contributed by atoms with van der Waals surface area (Å²) in [7, 11) is 3.48. The van der Waals surface area contributed by atoms with Gasteiger partial charge in [0.2, 0.25) is 0 Å². The van der Waals surface area contributed by atoms with Gasteiger partial charge in [-0.2, -0.15) is 0 Å². The maximum absolute atomic E-state index is 11.2. The number of esters is 1. The van der Waals surface area contributed by atoms with Crippen LogP contribution in [0.4, 0.5) is 5.82 Å². The average Bonchev–Trinajstić information content (AvgIpc) is 2.83. The van der Waals surface area contributed by atoms with Crippen LogP contribution in [0, 0.1) is 0 Å². The molecule has 1 atom stereocenters. The van der Waals surface area contributed by atoms with Crippen molar-refractivity contribution in [2.24, 2.45) is 0 Å². The zero-order valence-electron chi connectivity index (χ0n) is 18.6. The Morgan fingerprint density at radius 3 is 2.34 bits per heavy atom. The topological polar surface area (TPSA) is 67.3 Å². The van der Waals surface area contributed by atoms with Gasteiger partial charge in [0.15, 0.2) is 0 Å². The number of carbonyl (C=O) groups is 1. The summed E-state index contributed by atoms with van der Waals surface area (Å²) in [6, 6.07) is 21.2. The van der Waals surface area contributed by atoms with Gasteiger partial charge < -0.3 is 15.0 Å². The number of hydrogen-bond donors (Lipinski definition) is 1. The fourth-order valence-corrected chi connectivity index (χ4v) is 3.46. The Labute approximate surface area is 190 Å². The quantitative estimate of drug-likeness (QED) is 0.363. The number of ether oxygens (including phenoxy) is 1. The highest BCUT2D eigenvalue weighted by Crippen LogP contribution is 2.13. The lowest BCUT2D eigenvalue weighted by Crippen LogP contribution is -2.35. The van der Waals surface area contributed by atoms with E-state index in [1.54, 1.807) is 18.5 Å². The Kier molecular flexibility index (Phi) is 8.95. The summed E-state index contributed by atoms with van der Waals surface area (Å²) in [6.07, 6.45) is 8.20. The van der Waals surface area contributed by atoms with Gasteiger partial charge >= 0.3 is 5.97 Å². The standard InChI is InChI=1S/C26H30N4O2/c1-30(19-22-11-7-4-8-12-22)20-24(14-13-21-9-5-3-6-10-21)29-25-18-27-23(17-28-25)15-16-26(31)32-2/h3-12,15-18,24H,13-14,19-20H2,1-2H3,(H,28,29)/t24-/m1/s1. The second-order valence-electron chi connectivity index (χ2n) is 7.73. The van der Waals surface area contributed by atoms with E-state index < -0.39 is 5.97 Å². The van der Waals surface area contributed by atoms with Gasteiger partial charge in [0.25, 0.3) is 0 Å². The second-order valence-corrected chi connectivity index (χ2v) is 7.73. The Bertz CT molecular complexity index is 976. The maximum Gasteiger partial charge on any atom is 0.330 e. The monoisotopic (exact) mass is 430 g/mol. The molecule has 0 aliphatic carbocycles. The molecule has 32 heavy (non-hydrogen) atoms. The largest absolute Gasteiger partial charge is 0.466 e. The second kappa shape index (κ2) is 12.4. The molecular formula is C26H30N4O2. The van der Waals surface area contributed by atoms with Gasteiger partial charge in [0.1, 0.15) is 5.82 Å². The predicted octanol–water partition coefficient (Wildman–Crippen LogP) is 4.21. The molecule has 0 fully saturated rings. The Hall–Kier alpha value is -3.51. The van der Waals surface area contributed by atoms with Crippen molar-refractivity contribution in [3.63, 3.8) is 0 Å². The van der Waals surface area contributed by atoms with Gasteiger partial charge in [-0.05, 0) is 37.1 Å². The molecule has 0 aliphatic heterocycles. The van der Waals surface area contributed by atoms with Crippen molar-refractivity contribution in [3.8, 4) is 0 Å². The molecule has 6 nitrogen and oxygen atoms in total. The van der Waals surface area contributed by atoms with Crippen LogP contribution in [0.15, 0.2) is 79.1 Å². The predicted molar refractivity (Wildman–Crippen MR) is 128 cm³/mol. The third-order valence-corrected chi connectivity index (χ3v) is 5.07. The number of rotatable bonds is 11. The first-order valence-corrected chi connectivity index (χ1v) is 10.7. The molecule has 1 N–H and O–H groups in total. The highest BCUT2D eigenvalue weighted by Gasteiger charge is 2.13. The van der Waals surface area contributed by atoms with Gasteiger partial charge in [-0.15, -0.1) is 0 Å². The number of nitrogens with zero attached hydrogens (tertiary/aromatic N) is 3. The molecule has 0 bridgehead atoms. The summed E-state index contributed by atoms with van der Waals surface area (Å²) in [5.41, 5.74) is 3.21. The first-order valence-electron chi connectivity index (χ1n) is 10.7. The molecule has 0 amide bonds. The SMILES string of the molecule is COC(=O)C=Cc1cnc(N[C@H](CCc2ccccc2)CN(C)Cc2ccccc2)cn1. The summed E-state index contributed by atoms with van der Waals surface area (Å²) in [5, 5.41) is 3.54. The van der Waals surface area contributed by atoms with E-state index >= 15 is 0 Å². The van der Waals surface area contributed by atoms with E-state index in [4.69, 9.17) is 0 Å². The molecule has 1 aromatic heterocycles. The van der Waals surface area contributed by atoms with Crippen LogP contribution in [0.25, 0.3) is 6.08 Å². The number of anilines is 1. The molecule has 0 unspecified atom stereocenters. The Morgan fingerprint density at radius 2 is 1.72 bits per heavy atom. The number of likely N-dealkylation sites (N-methyl/N-ethyl adjacent to an activating group) is 1. The van der Waals surface area contributed by atoms with Crippen LogP contribution in [0.1, 0.15) is 23.2 Å². The van der Waals surface area contributed by atoms with E-state index in [1.165, 1.54) is 24.3 Å².